The van der Waals surface area contributed by atoms with E-state index in [1.165, 1.54) is 75.0 Å². The molecule has 2 nitrogen and oxygen atoms in total. The normalized spacial score (nSPS) is 36.7. The number of nitrogens with zero attached hydrogens (tertiary/aromatic N) is 1. The average molecular weight is 258 g/mol. The highest BCUT2D eigenvalue weighted by atomic mass is 14.9. The highest BCUT2D eigenvalue weighted by molar-refractivity contribution is 5.19. The van der Waals surface area contributed by atoms with Gasteiger partial charge in [0.1, 0.15) is 5.82 Å². The van der Waals surface area contributed by atoms with Crippen molar-refractivity contribution in [2.24, 2.45) is 23.7 Å². The first-order valence-corrected chi connectivity index (χ1v) is 8.38. The van der Waals surface area contributed by atoms with E-state index in [9.17, 15) is 0 Å². The summed E-state index contributed by atoms with van der Waals surface area (Å²) in [6.45, 7) is 2.32. The summed E-state index contributed by atoms with van der Waals surface area (Å²) in [5.74, 6) is 5.22. The van der Waals surface area contributed by atoms with Gasteiger partial charge in [-0.05, 0) is 62.2 Å². The van der Waals surface area contributed by atoms with Gasteiger partial charge in [0, 0.05) is 12.1 Å². The number of rotatable bonds is 3. The van der Waals surface area contributed by atoms with Gasteiger partial charge in [0.05, 0.1) is 5.69 Å². The van der Waals surface area contributed by atoms with Crippen molar-refractivity contribution in [3.63, 3.8) is 0 Å². The summed E-state index contributed by atoms with van der Waals surface area (Å²) in [5.41, 5.74) is 2.86. The van der Waals surface area contributed by atoms with E-state index in [4.69, 9.17) is 4.98 Å². The summed E-state index contributed by atoms with van der Waals surface area (Å²) in [6, 6.07) is 0. The van der Waals surface area contributed by atoms with Gasteiger partial charge < -0.3 is 4.98 Å². The van der Waals surface area contributed by atoms with E-state index in [1.807, 2.05) is 0 Å². The maximum atomic E-state index is 4.91. The van der Waals surface area contributed by atoms with Crippen molar-refractivity contribution in [3.05, 3.63) is 17.2 Å². The zero-order valence-electron chi connectivity index (χ0n) is 12.1. The molecule has 1 N–H and O–H groups in total. The van der Waals surface area contributed by atoms with Gasteiger partial charge in [0.25, 0.3) is 0 Å². The summed E-state index contributed by atoms with van der Waals surface area (Å²) < 4.78 is 0. The molecular weight excluding hydrogens is 232 g/mol. The molecule has 0 aromatic carbocycles. The second kappa shape index (κ2) is 4.64. The molecule has 1 aromatic rings. The van der Waals surface area contributed by atoms with Crippen LogP contribution in [0, 0.1) is 23.7 Å². The van der Waals surface area contributed by atoms with Crippen molar-refractivity contribution in [1.82, 2.24) is 9.97 Å². The van der Waals surface area contributed by atoms with Gasteiger partial charge in [-0.15, -0.1) is 0 Å². The van der Waals surface area contributed by atoms with Crippen LogP contribution in [-0.2, 0) is 19.3 Å². The lowest BCUT2D eigenvalue weighted by molar-refractivity contribution is 0.327. The Labute approximate surface area is 116 Å². The molecule has 4 unspecified atom stereocenters. The molecule has 2 fully saturated rings. The summed E-state index contributed by atoms with van der Waals surface area (Å²) in [5, 5.41) is 0. The van der Waals surface area contributed by atoms with E-state index >= 15 is 0 Å². The van der Waals surface area contributed by atoms with Crippen molar-refractivity contribution in [2.45, 2.75) is 64.7 Å². The molecule has 4 rings (SSSR count). The van der Waals surface area contributed by atoms with E-state index in [2.05, 4.69) is 11.9 Å². The minimum atomic E-state index is 0.892. The lowest BCUT2D eigenvalue weighted by Gasteiger charge is -2.20. The summed E-state index contributed by atoms with van der Waals surface area (Å²) in [7, 11) is 0. The molecule has 4 atom stereocenters. The summed E-state index contributed by atoms with van der Waals surface area (Å²) in [4.78, 5) is 8.58. The predicted molar refractivity (Wildman–Crippen MR) is 77.0 cm³/mol. The summed E-state index contributed by atoms with van der Waals surface area (Å²) in [6.07, 6.45) is 12.3. The van der Waals surface area contributed by atoms with Crippen LogP contribution in [0.1, 0.15) is 62.7 Å². The highest BCUT2D eigenvalue weighted by Gasteiger charge is 2.39. The Bertz CT molecular complexity index is 462. The van der Waals surface area contributed by atoms with Crippen LogP contribution >= 0.6 is 0 Å². The van der Waals surface area contributed by atoms with E-state index in [0.717, 1.165) is 23.7 Å². The van der Waals surface area contributed by atoms with Crippen molar-refractivity contribution in [1.29, 1.82) is 0 Å². The largest absolute Gasteiger partial charge is 0.346 e. The highest BCUT2D eigenvalue weighted by Crippen LogP contribution is 2.49. The number of H-pyrrole nitrogens is 1. The van der Waals surface area contributed by atoms with E-state index in [0.29, 0.717) is 0 Å². The van der Waals surface area contributed by atoms with Crippen molar-refractivity contribution < 1.29 is 0 Å². The van der Waals surface area contributed by atoms with Crippen molar-refractivity contribution >= 4 is 0 Å². The number of fused-ring (bicyclic) bond motifs is 3. The van der Waals surface area contributed by atoms with Gasteiger partial charge in [-0.3, -0.25) is 0 Å². The Morgan fingerprint density at radius 1 is 1.21 bits per heavy atom. The summed E-state index contributed by atoms with van der Waals surface area (Å²) >= 11 is 0. The Morgan fingerprint density at radius 2 is 2.16 bits per heavy atom. The maximum absolute atomic E-state index is 4.91. The molecule has 0 spiro atoms. The smallest absolute Gasteiger partial charge is 0.106 e. The minimum Gasteiger partial charge on any atom is -0.346 e. The number of aromatic nitrogens is 2. The van der Waals surface area contributed by atoms with Crippen LogP contribution in [0.4, 0.5) is 0 Å². The molecule has 0 saturated heterocycles. The fourth-order valence-electron chi connectivity index (χ4n) is 4.93. The number of nitrogens with one attached hydrogen (secondary N) is 1. The fourth-order valence-corrected chi connectivity index (χ4v) is 4.93. The van der Waals surface area contributed by atoms with Crippen LogP contribution in [-0.4, -0.2) is 9.97 Å². The number of hydrogen-bond donors (Lipinski definition) is 1. The fraction of sp³-hybridized carbons (Fsp3) is 0.824. The quantitative estimate of drug-likeness (QED) is 0.875. The zero-order valence-corrected chi connectivity index (χ0v) is 12.1. The third-order valence-electron chi connectivity index (χ3n) is 6.11. The first-order valence-electron chi connectivity index (χ1n) is 8.38. The van der Waals surface area contributed by atoms with Crippen LogP contribution < -0.4 is 0 Å². The first kappa shape index (κ1) is 12.0. The average Bonchev–Trinajstić information content (AvgIpc) is 3.11. The third kappa shape index (κ3) is 2.13. The van der Waals surface area contributed by atoms with Crippen LogP contribution in [0.25, 0.3) is 0 Å². The van der Waals surface area contributed by atoms with Crippen LogP contribution in [0.15, 0.2) is 0 Å². The molecule has 0 amide bonds. The van der Waals surface area contributed by atoms with Gasteiger partial charge in [0.2, 0.25) is 0 Å². The number of imidazole rings is 1. The molecule has 3 aliphatic carbocycles. The minimum absolute atomic E-state index is 0.892. The number of hydrogen-bond acceptors (Lipinski definition) is 1. The Morgan fingerprint density at radius 3 is 2.89 bits per heavy atom. The molecule has 19 heavy (non-hydrogen) atoms. The van der Waals surface area contributed by atoms with Gasteiger partial charge in [-0.2, -0.15) is 0 Å². The molecule has 3 aliphatic rings. The predicted octanol–water partition coefficient (Wildman–Crippen LogP) is 3.90. The number of aromatic amines is 1. The van der Waals surface area contributed by atoms with Crippen LogP contribution in [0.5, 0.6) is 0 Å². The Hall–Kier alpha value is -0.790. The van der Waals surface area contributed by atoms with Gasteiger partial charge in [-0.25, -0.2) is 4.98 Å². The monoisotopic (exact) mass is 258 g/mol. The lowest BCUT2D eigenvalue weighted by atomic mass is 9.86. The maximum Gasteiger partial charge on any atom is 0.106 e. The SMILES string of the molecule is CCC1CCc2nc(CC3CC4CCC3C4)[nH]c2C1. The third-order valence-corrected chi connectivity index (χ3v) is 6.11. The zero-order chi connectivity index (χ0) is 12.8. The van der Waals surface area contributed by atoms with E-state index in [1.54, 1.807) is 0 Å². The van der Waals surface area contributed by atoms with Crippen LogP contribution in [0.3, 0.4) is 0 Å². The molecule has 104 valence electrons. The second-order valence-electron chi connectivity index (χ2n) is 7.26. The second-order valence-corrected chi connectivity index (χ2v) is 7.26. The molecule has 0 aliphatic heterocycles. The van der Waals surface area contributed by atoms with Gasteiger partial charge >= 0.3 is 0 Å². The Balaban J connectivity index is 1.46. The van der Waals surface area contributed by atoms with Gasteiger partial charge in [-0.1, -0.05) is 19.8 Å². The standard InChI is InChI=1S/C17H26N2/c1-2-11-4-6-15-16(9-11)19-17(18-15)10-14-8-12-3-5-13(14)7-12/h11-14H,2-10H2,1H3,(H,18,19). The van der Waals surface area contributed by atoms with Crippen molar-refractivity contribution in [3.8, 4) is 0 Å². The molecule has 1 heterocycles. The molecule has 1 aromatic heterocycles. The first-order chi connectivity index (χ1) is 9.31. The van der Waals surface area contributed by atoms with Gasteiger partial charge in [0.15, 0.2) is 0 Å². The van der Waals surface area contributed by atoms with Crippen LogP contribution in [0.2, 0.25) is 0 Å². The van der Waals surface area contributed by atoms with E-state index in [-0.39, 0.29) is 0 Å². The number of aryl methyl sites for hydroxylation is 1. The molecule has 2 heteroatoms. The van der Waals surface area contributed by atoms with E-state index < -0.39 is 0 Å². The lowest BCUT2D eigenvalue weighted by Crippen LogP contribution is -2.14. The molecular formula is C17H26N2. The Kier molecular flexibility index (Phi) is 2.93. The molecule has 2 bridgehead atoms. The molecule has 0 radical (unpaired) electrons. The molecule has 2 saturated carbocycles. The van der Waals surface area contributed by atoms with Crippen molar-refractivity contribution in [2.75, 3.05) is 0 Å². The topological polar surface area (TPSA) is 28.7 Å².